The lowest BCUT2D eigenvalue weighted by Gasteiger charge is -2.35. The molecule has 7 heteroatoms. The van der Waals surface area contributed by atoms with Crippen molar-refractivity contribution in [1.29, 1.82) is 0 Å². The van der Waals surface area contributed by atoms with Gasteiger partial charge in [0.2, 0.25) is 0 Å². The number of carbonyl (C=O) groups is 1. The predicted octanol–water partition coefficient (Wildman–Crippen LogP) is 4.42. The second-order valence-corrected chi connectivity index (χ2v) is 8.66. The molecule has 2 aromatic carbocycles. The highest BCUT2D eigenvalue weighted by Gasteiger charge is 2.16. The van der Waals surface area contributed by atoms with E-state index in [0.29, 0.717) is 17.9 Å². The number of aromatic nitrogens is 1. The third-order valence-corrected chi connectivity index (χ3v) is 6.28. The number of nitrogens with zero attached hydrogens (tertiary/aromatic N) is 3. The Labute approximate surface area is 187 Å². The standard InChI is InChI=1S/C24H28N4O2S/c1-3-27-11-13-28(14-12-27)22-9-7-20(8-10-22)26-24(29)19-5-4-6-23(15-19)30-16-21-17-31-18(2)25-21/h4-10,15,17H,3,11-14,16H2,1-2H3,(H,26,29). The number of nitrogens with one attached hydrogen (secondary N) is 1. The first kappa shape index (κ1) is 21.3. The summed E-state index contributed by atoms with van der Waals surface area (Å²) in [4.78, 5) is 22.0. The van der Waals surface area contributed by atoms with E-state index in [9.17, 15) is 4.79 Å². The summed E-state index contributed by atoms with van der Waals surface area (Å²) in [5.41, 5.74) is 3.44. The van der Waals surface area contributed by atoms with Crippen LogP contribution < -0.4 is 15.0 Å². The highest BCUT2D eigenvalue weighted by molar-refractivity contribution is 7.09. The molecule has 4 rings (SSSR count). The van der Waals surface area contributed by atoms with Gasteiger partial charge in [-0.25, -0.2) is 4.98 Å². The lowest BCUT2D eigenvalue weighted by atomic mass is 10.2. The van der Waals surface area contributed by atoms with Crippen LogP contribution in [0.5, 0.6) is 5.75 Å². The van der Waals surface area contributed by atoms with Gasteiger partial charge in [0, 0.05) is 48.5 Å². The first-order chi connectivity index (χ1) is 15.1. The largest absolute Gasteiger partial charge is 0.487 e. The minimum absolute atomic E-state index is 0.153. The maximum Gasteiger partial charge on any atom is 0.255 e. The van der Waals surface area contributed by atoms with E-state index >= 15 is 0 Å². The smallest absolute Gasteiger partial charge is 0.255 e. The summed E-state index contributed by atoms with van der Waals surface area (Å²) in [5, 5.41) is 5.98. The molecule has 1 saturated heterocycles. The summed E-state index contributed by atoms with van der Waals surface area (Å²) >= 11 is 1.60. The number of benzene rings is 2. The van der Waals surface area contributed by atoms with E-state index in [1.165, 1.54) is 5.69 Å². The average molecular weight is 437 g/mol. The van der Waals surface area contributed by atoms with Crippen molar-refractivity contribution in [2.45, 2.75) is 20.5 Å². The van der Waals surface area contributed by atoms with Gasteiger partial charge in [-0.2, -0.15) is 0 Å². The predicted molar refractivity (Wildman–Crippen MR) is 126 cm³/mol. The molecule has 0 spiro atoms. The van der Waals surface area contributed by atoms with Crippen LogP contribution in [-0.2, 0) is 6.61 Å². The van der Waals surface area contributed by atoms with Crippen molar-refractivity contribution in [2.24, 2.45) is 0 Å². The van der Waals surface area contributed by atoms with Crippen molar-refractivity contribution < 1.29 is 9.53 Å². The zero-order chi connectivity index (χ0) is 21.6. The van der Waals surface area contributed by atoms with Gasteiger partial charge in [0.15, 0.2) is 0 Å². The van der Waals surface area contributed by atoms with Gasteiger partial charge in [-0.15, -0.1) is 11.3 Å². The third kappa shape index (κ3) is 5.62. The molecule has 0 unspecified atom stereocenters. The number of thiazole rings is 1. The Balaban J connectivity index is 1.33. The van der Waals surface area contributed by atoms with Gasteiger partial charge in [0.1, 0.15) is 12.4 Å². The lowest BCUT2D eigenvalue weighted by molar-refractivity contribution is 0.102. The van der Waals surface area contributed by atoms with Gasteiger partial charge in [0.05, 0.1) is 10.7 Å². The number of likely N-dealkylation sites (N-methyl/N-ethyl adjacent to an activating group) is 1. The molecule has 0 radical (unpaired) electrons. The van der Waals surface area contributed by atoms with Crippen LogP contribution in [0.15, 0.2) is 53.9 Å². The number of rotatable bonds is 7. The van der Waals surface area contributed by atoms with E-state index in [4.69, 9.17) is 4.74 Å². The number of anilines is 2. The molecule has 1 N–H and O–H groups in total. The molecule has 1 aliphatic heterocycles. The van der Waals surface area contributed by atoms with Gasteiger partial charge in [-0.1, -0.05) is 13.0 Å². The van der Waals surface area contributed by atoms with Crippen LogP contribution in [0.25, 0.3) is 0 Å². The molecular formula is C24H28N4O2S. The number of aryl methyl sites for hydroxylation is 1. The van der Waals surface area contributed by atoms with Crippen molar-refractivity contribution in [3.8, 4) is 5.75 Å². The summed E-state index contributed by atoms with van der Waals surface area (Å²) in [6.45, 7) is 9.93. The van der Waals surface area contributed by atoms with Gasteiger partial charge in [-0.05, 0) is 55.9 Å². The Morgan fingerprint density at radius 2 is 1.90 bits per heavy atom. The highest BCUT2D eigenvalue weighted by Crippen LogP contribution is 2.21. The van der Waals surface area contributed by atoms with Crippen LogP contribution in [-0.4, -0.2) is 48.5 Å². The van der Waals surface area contributed by atoms with Crippen LogP contribution in [0.2, 0.25) is 0 Å². The van der Waals surface area contributed by atoms with Crippen molar-refractivity contribution >= 4 is 28.6 Å². The van der Waals surface area contributed by atoms with E-state index in [0.717, 1.165) is 49.1 Å². The second-order valence-electron chi connectivity index (χ2n) is 7.60. The normalized spacial score (nSPS) is 14.5. The molecule has 1 fully saturated rings. The molecule has 1 aromatic heterocycles. The van der Waals surface area contributed by atoms with E-state index < -0.39 is 0 Å². The fourth-order valence-corrected chi connectivity index (χ4v) is 4.24. The highest BCUT2D eigenvalue weighted by atomic mass is 32.1. The van der Waals surface area contributed by atoms with Gasteiger partial charge >= 0.3 is 0 Å². The van der Waals surface area contributed by atoms with Crippen molar-refractivity contribution in [2.75, 3.05) is 42.9 Å². The van der Waals surface area contributed by atoms with Crippen LogP contribution in [0.4, 0.5) is 11.4 Å². The second kappa shape index (κ2) is 9.94. The molecule has 2 heterocycles. The van der Waals surface area contributed by atoms with Crippen LogP contribution in [0.3, 0.4) is 0 Å². The molecule has 162 valence electrons. The van der Waals surface area contributed by atoms with Gasteiger partial charge in [-0.3, -0.25) is 4.79 Å². The molecule has 0 saturated carbocycles. The lowest BCUT2D eigenvalue weighted by Crippen LogP contribution is -2.46. The molecule has 31 heavy (non-hydrogen) atoms. The summed E-state index contributed by atoms with van der Waals surface area (Å²) < 4.78 is 5.80. The van der Waals surface area contributed by atoms with Crippen molar-refractivity contribution in [1.82, 2.24) is 9.88 Å². The van der Waals surface area contributed by atoms with Crippen molar-refractivity contribution in [3.05, 3.63) is 70.2 Å². The summed E-state index contributed by atoms with van der Waals surface area (Å²) in [6.07, 6.45) is 0. The zero-order valence-corrected chi connectivity index (χ0v) is 18.8. The Morgan fingerprint density at radius 1 is 1.13 bits per heavy atom. The maximum atomic E-state index is 12.7. The van der Waals surface area contributed by atoms with Gasteiger partial charge in [0.25, 0.3) is 5.91 Å². The summed E-state index contributed by atoms with van der Waals surface area (Å²) in [7, 11) is 0. The third-order valence-electron chi connectivity index (χ3n) is 5.46. The van der Waals surface area contributed by atoms with Crippen LogP contribution in [0, 0.1) is 6.92 Å². The van der Waals surface area contributed by atoms with Crippen molar-refractivity contribution in [3.63, 3.8) is 0 Å². The number of hydrogen-bond acceptors (Lipinski definition) is 6. The summed E-state index contributed by atoms with van der Waals surface area (Å²) in [6, 6.07) is 15.3. The number of ether oxygens (including phenoxy) is 1. The fourth-order valence-electron chi connectivity index (χ4n) is 3.64. The molecular weight excluding hydrogens is 408 g/mol. The number of carbonyl (C=O) groups excluding carboxylic acids is 1. The maximum absolute atomic E-state index is 12.7. The quantitative estimate of drug-likeness (QED) is 0.594. The molecule has 1 aliphatic rings. The van der Waals surface area contributed by atoms with E-state index in [2.05, 4.69) is 39.2 Å². The minimum Gasteiger partial charge on any atom is -0.487 e. The van der Waals surface area contributed by atoms with E-state index in [1.54, 1.807) is 23.5 Å². The molecule has 0 atom stereocenters. The average Bonchev–Trinajstić information content (AvgIpc) is 3.23. The topological polar surface area (TPSA) is 57.7 Å². The Kier molecular flexibility index (Phi) is 6.84. The number of piperazine rings is 1. The SMILES string of the molecule is CCN1CCN(c2ccc(NC(=O)c3cccc(OCc4csc(C)n4)c3)cc2)CC1. The van der Waals surface area contributed by atoms with Crippen LogP contribution >= 0.6 is 11.3 Å². The molecule has 0 bridgehead atoms. The van der Waals surface area contributed by atoms with Gasteiger partial charge < -0.3 is 19.9 Å². The monoisotopic (exact) mass is 436 g/mol. The fraction of sp³-hybridized carbons (Fsp3) is 0.333. The minimum atomic E-state index is -0.153. The van der Waals surface area contributed by atoms with Crippen LogP contribution in [0.1, 0.15) is 28.0 Å². The molecule has 3 aromatic rings. The summed E-state index contributed by atoms with van der Waals surface area (Å²) in [5.74, 6) is 0.499. The van der Waals surface area contributed by atoms with E-state index in [-0.39, 0.29) is 5.91 Å². The molecule has 6 nitrogen and oxygen atoms in total. The number of hydrogen-bond donors (Lipinski definition) is 1. The Bertz CT molecular complexity index is 1010. The molecule has 0 aliphatic carbocycles. The number of amides is 1. The zero-order valence-electron chi connectivity index (χ0n) is 18.0. The Morgan fingerprint density at radius 3 is 2.58 bits per heavy atom. The molecule has 1 amide bonds. The van der Waals surface area contributed by atoms with E-state index in [1.807, 2.05) is 36.6 Å². The first-order valence-electron chi connectivity index (χ1n) is 10.6. The Hall–Kier alpha value is -2.90. The first-order valence-corrected chi connectivity index (χ1v) is 11.5.